The average Bonchev–Trinajstić information content (AvgIpc) is 2.66. The summed E-state index contributed by atoms with van der Waals surface area (Å²) in [4.78, 5) is 22.7. The molecule has 0 bridgehead atoms. The normalized spacial score (nSPS) is 15.7. The minimum Gasteiger partial charge on any atom is -0.378 e. The number of amides is 1. The Labute approximate surface area is 150 Å². The molecule has 1 aromatic carbocycles. The molecule has 2 aromatic rings. The predicted octanol–water partition coefficient (Wildman–Crippen LogP) is 1.32. The van der Waals surface area contributed by atoms with Crippen LogP contribution in [0.5, 0.6) is 0 Å². The van der Waals surface area contributed by atoms with Gasteiger partial charge in [-0.1, -0.05) is 23.7 Å². The van der Waals surface area contributed by atoms with Gasteiger partial charge in [-0.05, 0) is 17.7 Å². The van der Waals surface area contributed by atoms with Crippen molar-refractivity contribution in [2.75, 3.05) is 31.2 Å². The molecule has 132 valence electrons. The summed E-state index contributed by atoms with van der Waals surface area (Å²) >= 11 is 5.88. The first kappa shape index (κ1) is 17.6. The van der Waals surface area contributed by atoms with Gasteiger partial charge < -0.3 is 20.1 Å². The second kappa shape index (κ2) is 8.24. The van der Waals surface area contributed by atoms with Gasteiger partial charge >= 0.3 is 0 Å². The molecule has 0 saturated carbocycles. The molecule has 0 spiro atoms. The van der Waals surface area contributed by atoms with Crippen molar-refractivity contribution < 1.29 is 14.6 Å². The summed E-state index contributed by atoms with van der Waals surface area (Å²) in [5.41, 5.74) is 1.12. The molecule has 0 aliphatic carbocycles. The van der Waals surface area contributed by atoms with Gasteiger partial charge in [-0.2, -0.15) is 0 Å². The van der Waals surface area contributed by atoms with E-state index in [-0.39, 0.29) is 6.54 Å². The Balaban J connectivity index is 1.60. The lowest BCUT2D eigenvalue weighted by Crippen LogP contribution is -2.37. The number of nitrogens with zero attached hydrogens (tertiary/aromatic N) is 3. The van der Waals surface area contributed by atoms with Crippen LogP contribution in [0.4, 0.5) is 5.82 Å². The highest BCUT2D eigenvalue weighted by Gasteiger charge is 2.18. The van der Waals surface area contributed by atoms with Gasteiger partial charge in [0.2, 0.25) is 0 Å². The SMILES string of the molecule is O=C(NCc1cc(N2CCOCC2)ncn1)C(O)c1cccc(Cl)c1. The summed E-state index contributed by atoms with van der Waals surface area (Å²) in [5.74, 6) is 0.298. The topological polar surface area (TPSA) is 87.6 Å². The number of carbonyl (C=O) groups is 1. The van der Waals surface area contributed by atoms with Gasteiger partial charge in [-0.15, -0.1) is 0 Å². The number of benzene rings is 1. The number of halogens is 1. The molecule has 3 rings (SSSR count). The van der Waals surface area contributed by atoms with Crippen LogP contribution in [-0.2, 0) is 16.1 Å². The second-order valence-corrected chi connectivity index (χ2v) is 6.08. The largest absolute Gasteiger partial charge is 0.378 e. The van der Waals surface area contributed by atoms with Crippen molar-refractivity contribution in [1.82, 2.24) is 15.3 Å². The highest BCUT2D eigenvalue weighted by molar-refractivity contribution is 6.30. The fourth-order valence-electron chi connectivity index (χ4n) is 2.55. The van der Waals surface area contributed by atoms with E-state index in [1.54, 1.807) is 24.3 Å². The molecule has 1 saturated heterocycles. The third kappa shape index (κ3) is 4.66. The molecule has 1 aliphatic heterocycles. The summed E-state index contributed by atoms with van der Waals surface area (Å²) in [6.07, 6.45) is 0.193. The highest BCUT2D eigenvalue weighted by Crippen LogP contribution is 2.18. The number of aromatic nitrogens is 2. The van der Waals surface area contributed by atoms with Crippen LogP contribution in [0.15, 0.2) is 36.7 Å². The molecule has 2 heterocycles. The monoisotopic (exact) mass is 362 g/mol. The fourth-order valence-corrected chi connectivity index (χ4v) is 2.75. The highest BCUT2D eigenvalue weighted by atomic mass is 35.5. The molecule has 0 radical (unpaired) electrons. The minimum absolute atomic E-state index is 0.205. The van der Waals surface area contributed by atoms with Crippen molar-refractivity contribution >= 4 is 23.3 Å². The van der Waals surface area contributed by atoms with Crippen LogP contribution in [-0.4, -0.2) is 47.3 Å². The lowest BCUT2D eigenvalue weighted by atomic mass is 10.1. The van der Waals surface area contributed by atoms with Crippen LogP contribution in [0.25, 0.3) is 0 Å². The van der Waals surface area contributed by atoms with Gasteiger partial charge in [-0.3, -0.25) is 4.79 Å². The summed E-state index contributed by atoms with van der Waals surface area (Å²) < 4.78 is 5.33. The molecule has 7 nitrogen and oxygen atoms in total. The molecular weight excluding hydrogens is 344 g/mol. The number of rotatable bonds is 5. The fraction of sp³-hybridized carbons (Fsp3) is 0.353. The van der Waals surface area contributed by atoms with Crippen molar-refractivity contribution in [3.63, 3.8) is 0 Å². The Bertz CT molecular complexity index is 737. The van der Waals surface area contributed by atoms with Crippen molar-refractivity contribution in [3.8, 4) is 0 Å². The molecule has 1 aliphatic rings. The van der Waals surface area contributed by atoms with Crippen molar-refractivity contribution in [2.24, 2.45) is 0 Å². The van der Waals surface area contributed by atoms with E-state index < -0.39 is 12.0 Å². The number of hydrogen-bond acceptors (Lipinski definition) is 6. The molecule has 2 N–H and O–H groups in total. The zero-order chi connectivity index (χ0) is 17.6. The second-order valence-electron chi connectivity index (χ2n) is 5.64. The number of ether oxygens (including phenoxy) is 1. The standard InChI is InChI=1S/C17H19ClN4O3/c18-13-3-1-2-12(8-13)16(23)17(24)19-10-14-9-15(21-11-20-14)22-4-6-25-7-5-22/h1-3,8-9,11,16,23H,4-7,10H2,(H,19,24). The molecular formula is C17H19ClN4O3. The van der Waals surface area contributed by atoms with Crippen LogP contribution in [0.2, 0.25) is 5.02 Å². The van der Waals surface area contributed by atoms with Crippen LogP contribution in [0.3, 0.4) is 0 Å². The summed E-state index contributed by atoms with van der Waals surface area (Å²) in [6, 6.07) is 8.42. The molecule has 25 heavy (non-hydrogen) atoms. The van der Waals surface area contributed by atoms with Crippen LogP contribution < -0.4 is 10.2 Å². The number of aliphatic hydroxyl groups is 1. The van der Waals surface area contributed by atoms with Crippen LogP contribution >= 0.6 is 11.6 Å². The van der Waals surface area contributed by atoms with Gasteiger partial charge in [0.1, 0.15) is 12.1 Å². The Morgan fingerprint density at radius 3 is 2.88 bits per heavy atom. The zero-order valence-corrected chi connectivity index (χ0v) is 14.3. The van der Waals surface area contributed by atoms with Crippen molar-refractivity contribution in [1.29, 1.82) is 0 Å². The van der Waals surface area contributed by atoms with Gasteiger partial charge in [0.25, 0.3) is 5.91 Å². The Hall–Kier alpha value is -2.22. The van der Waals surface area contributed by atoms with Crippen LogP contribution in [0.1, 0.15) is 17.4 Å². The first-order valence-electron chi connectivity index (χ1n) is 7.98. The number of morpholine rings is 1. The van der Waals surface area contributed by atoms with Gasteiger partial charge in [0.05, 0.1) is 25.5 Å². The maximum absolute atomic E-state index is 12.1. The van der Waals surface area contributed by atoms with Crippen molar-refractivity contribution in [3.05, 3.63) is 52.9 Å². The number of aliphatic hydroxyl groups excluding tert-OH is 1. The number of hydrogen-bond donors (Lipinski definition) is 2. The summed E-state index contributed by atoms with van der Waals surface area (Å²) in [6.45, 7) is 3.09. The number of anilines is 1. The Morgan fingerprint density at radius 1 is 1.32 bits per heavy atom. The van der Waals surface area contributed by atoms with Crippen LogP contribution in [0, 0.1) is 0 Å². The van der Waals surface area contributed by atoms with Crippen molar-refractivity contribution in [2.45, 2.75) is 12.6 Å². The molecule has 1 fully saturated rings. The average molecular weight is 363 g/mol. The van der Waals surface area contributed by atoms with E-state index in [1.807, 2.05) is 6.07 Å². The number of carbonyl (C=O) groups excluding carboxylic acids is 1. The lowest BCUT2D eigenvalue weighted by molar-refractivity contribution is -0.129. The molecule has 8 heteroatoms. The van der Waals surface area contributed by atoms with E-state index in [1.165, 1.54) is 6.33 Å². The third-order valence-corrected chi connectivity index (χ3v) is 4.14. The molecule has 1 amide bonds. The van der Waals surface area contributed by atoms with Gasteiger partial charge in [0.15, 0.2) is 6.10 Å². The summed E-state index contributed by atoms with van der Waals surface area (Å²) in [5, 5.41) is 13.3. The minimum atomic E-state index is -1.28. The molecule has 1 atom stereocenters. The smallest absolute Gasteiger partial charge is 0.253 e. The maximum Gasteiger partial charge on any atom is 0.253 e. The van der Waals surface area contributed by atoms with E-state index in [0.29, 0.717) is 29.5 Å². The quantitative estimate of drug-likeness (QED) is 0.834. The summed E-state index contributed by atoms with van der Waals surface area (Å²) in [7, 11) is 0. The maximum atomic E-state index is 12.1. The third-order valence-electron chi connectivity index (χ3n) is 3.90. The zero-order valence-electron chi connectivity index (χ0n) is 13.6. The lowest BCUT2D eigenvalue weighted by Gasteiger charge is -2.27. The molecule has 1 aromatic heterocycles. The Morgan fingerprint density at radius 2 is 2.12 bits per heavy atom. The molecule has 1 unspecified atom stereocenters. The first-order chi connectivity index (χ1) is 12.1. The Kier molecular flexibility index (Phi) is 5.80. The predicted molar refractivity (Wildman–Crippen MR) is 93.3 cm³/mol. The van der Waals surface area contributed by atoms with E-state index in [4.69, 9.17) is 16.3 Å². The van der Waals surface area contributed by atoms with E-state index in [0.717, 1.165) is 18.9 Å². The van der Waals surface area contributed by atoms with Gasteiger partial charge in [-0.25, -0.2) is 9.97 Å². The number of nitrogens with one attached hydrogen (secondary N) is 1. The van der Waals surface area contributed by atoms with E-state index in [2.05, 4.69) is 20.2 Å². The van der Waals surface area contributed by atoms with E-state index >= 15 is 0 Å². The first-order valence-corrected chi connectivity index (χ1v) is 8.36. The van der Waals surface area contributed by atoms with E-state index in [9.17, 15) is 9.90 Å². The van der Waals surface area contributed by atoms with Gasteiger partial charge in [0, 0.05) is 24.2 Å².